The Hall–Kier alpha value is -1.81. The van der Waals surface area contributed by atoms with Gasteiger partial charge in [-0.05, 0) is 12.1 Å². The van der Waals surface area contributed by atoms with Crippen LogP contribution in [0.2, 0.25) is 0 Å². The van der Waals surface area contributed by atoms with Crippen LogP contribution in [0.4, 0.5) is 0 Å². The molecule has 0 spiro atoms. The van der Waals surface area contributed by atoms with Gasteiger partial charge in [0.1, 0.15) is 12.4 Å². The Morgan fingerprint density at radius 2 is 1.94 bits per heavy atom. The lowest BCUT2D eigenvalue weighted by atomic mass is 10.3. The second kappa shape index (κ2) is 7.46. The Balaban J connectivity index is 2.09. The maximum Gasteiger partial charge on any atom is 0.335 e. The van der Waals surface area contributed by atoms with Gasteiger partial charge in [0.05, 0.1) is 25.9 Å². The number of benzene rings is 1. The number of carbonyl (C=O) groups excluding carboxylic acids is 1. The van der Waals surface area contributed by atoms with Gasteiger partial charge >= 0.3 is 5.97 Å². The van der Waals surface area contributed by atoms with Crippen molar-refractivity contribution in [2.45, 2.75) is 0 Å². The minimum absolute atomic E-state index is 0.158. The van der Waals surface area contributed by atoms with Crippen LogP contribution in [0.15, 0.2) is 42.5 Å². The topological polar surface area (TPSA) is 44.8 Å². The predicted molar refractivity (Wildman–Crippen MR) is 63.9 cm³/mol. The maximum absolute atomic E-state index is 11.0. The lowest BCUT2D eigenvalue weighted by Crippen LogP contribution is -2.13. The maximum atomic E-state index is 11.0. The number of para-hydroxylation sites is 1. The van der Waals surface area contributed by atoms with E-state index in [1.54, 1.807) is 0 Å². The van der Waals surface area contributed by atoms with E-state index in [4.69, 9.17) is 9.47 Å². The molecule has 4 nitrogen and oxygen atoms in total. The lowest BCUT2D eigenvalue weighted by Gasteiger charge is -2.07. The van der Waals surface area contributed by atoms with E-state index in [1.165, 1.54) is 7.11 Å². The van der Waals surface area contributed by atoms with Gasteiger partial charge in [-0.2, -0.15) is 0 Å². The van der Waals surface area contributed by atoms with Crippen LogP contribution >= 0.6 is 0 Å². The van der Waals surface area contributed by atoms with Crippen LogP contribution in [-0.2, 0) is 14.3 Å². The Labute approximate surface area is 101 Å². The standard InChI is InChI=1S/C13H16O4/c1-11(13(14)15-2)10-16-8-9-17-12-6-4-3-5-7-12/h3-7H,1,8-10H2,2H3. The van der Waals surface area contributed by atoms with Gasteiger partial charge in [0.25, 0.3) is 0 Å². The van der Waals surface area contributed by atoms with Crippen LogP contribution in [0.1, 0.15) is 0 Å². The van der Waals surface area contributed by atoms with Crippen molar-refractivity contribution in [3.05, 3.63) is 42.5 Å². The van der Waals surface area contributed by atoms with E-state index in [2.05, 4.69) is 11.3 Å². The van der Waals surface area contributed by atoms with E-state index < -0.39 is 5.97 Å². The van der Waals surface area contributed by atoms with Crippen molar-refractivity contribution >= 4 is 5.97 Å². The molecule has 0 N–H and O–H groups in total. The minimum atomic E-state index is -0.450. The SMILES string of the molecule is C=C(COCCOc1ccccc1)C(=O)OC. The average Bonchev–Trinajstić information content (AvgIpc) is 2.38. The van der Waals surface area contributed by atoms with Crippen molar-refractivity contribution in [2.75, 3.05) is 26.9 Å². The number of rotatable bonds is 7. The van der Waals surface area contributed by atoms with Crippen LogP contribution in [0.5, 0.6) is 5.75 Å². The van der Waals surface area contributed by atoms with Gasteiger partial charge < -0.3 is 14.2 Å². The molecule has 0 radical (unpaired) electrons. The monoisotopic (exact) mass is 236 g/mol. The molecule has 4 heteroatoms. The average molecular weight is 236 g/mol. The predicted octanol–water partition coefficient (Wildman–Crippen LogP) is 1.81. The van der Waals surface area contributed by atoms with Crippen molar-refractivity contribution in [2.24, 2.45) is 0 Å². The number of methoxy groups -OCH3 is 1. The highest BCUT2D eigenvalue weighted by molar-refractivity contribution is 5.87. The van der Waals surface area contributed by atoms with Crippen LogP contribution in [0.25, 0.3) is 0 Å². The molecule has 0 amide bonds. The second-order valence-corrected chi connectivity index (χ2v) is 3.31. The third-order valence-corrected chi connectivity index (χ3v) is 1.99. The zero-order valence-electron chi connectivity index (χ0n) is 9.85. The number of esters is 1. The first-order chi connectivity index (χ1) is 8.24. The van der Waals surface area contributed by atoms with E-state index in [0.29, 0.717) is 18.8 Å². The van der Waals surface area contributed by atoms with Gasteiger partial charge in [-0.3, -0.25) is 0 Å². The highest BCUT2D eigenvalue weighted by Gasteiger charge is 2.05. The highest BCUT2D eigenvalue weighted by atomic mass is 16.5. The fraction of sp³-hybridized carbons (Fsp3) is 0.308. The van der Waals surface area contributed by atoms with Crippen molar-refractivity contribution in [3.8, 4) is 5.75 Å². The first kappa shape index (κ1) is 13.3. The van der Waals surface area contributed by atoms with Gasteiger partial charge in [0.2, 0.25) is 0 Å². The molecule has 0 aliphatic heterocycles. The molecule has 0 aliphatic carbocycles. The van der Waals surface area contributed by atoms with Gasteiger partial charge in [-0.15, -0.1) is 0 Å². The summed E-state index contributed by atoms with van der Waals surface area (Å²) in [7, 11) is 1.31. The second-order valence-electron chi connectivity index (χ2n) is 3.31. The molecule has 0 aliphatic rings. The van der Waals surface area contributed by atoms with E-state index in [9.17, 15) is 4.79 Å². The van der Waals surface area contributed by atoms with Crippen LogP contribution in [0.3, 0.4) is 0 Å². The number of hydrogen-bond donors (Lipinski definition) is 0. The van der Waals surface area contributed by atoms with Gasteiger partial charge in [-0.25, -0.2) is 4.79 Å². The Kier molecular flexibility index (Phi) is 5.82. The molecule has 0 unspecified atom stereocenters. The molecule has 0 bridgehead atoms. The zero-order chi connectivity index (χ0) is 12.5. The van der Waals surface area contributed by atoms with Crippen molar-refractivity contribution in [3.63, 3.8) is 0 Å². The van der Waals surface area contributed by atoms with Crippen molar-refractivity contribution in [1.82, 2.24) is 0 Å². The Bertz CT molecular complexity index is 359. The summed E-state index contributed by atoms with van der Waals surface area (Å²) >= 11 is 0. The van der Waals surface area contributed by atoms with Crippen LogP contribution in [0, 0.1) is 0 Å². The van der Waals surface area contributed by atoms with Crippen molar-refractivity contribution < 1.29 is 19.0 Å². The molecule has 0 fully saturated rings. The first-order valence-corrected chi connectivity index (χ1v) is 5.25. The summed E-state index contributed by atoms with van der Waals surface area (Å²) in [5, 5.41) is 0. The number of ether oxygens (including phenoxy) is 3. The summed E-state index contributed by atoms with van der Waals surface area (Å²) in [5.74, 6) is 0.344. The molecule has 0 aromatic heterocycles. The Morgan fingerprint density at radius 1 is 1.24 bits per heavy atom. The van der Waals surface area contributed by atoms with Crippen molar-refractivity contribution in [1.29, 1.82) is 0 Å². The van der Waals surface area contributed by atoms with E-state index >= 15 is 0 Å². The number of carbonyl (C=O) groups is 1. The molecule has 92 valence electrons. The number of hydrogen-bond acceptors (Lipinski definition) is 4. The third-order valence-electron chi connectivity index (χ3n) is 1.99. The first-order valence-electron chi connectivity index (χ1n) is 5.25. The molecule has 1 rings (SSSR count). The molecular weight excluding hydrogens is 220 g/mol. The zero-order valence-corrected chi connectivity index (χ0v) is 9.85. The quantitative estimate of drug-likeness (QED) is 0.411. The summed E-state index contributed by atoms with van der Waals surface area (Å²) in [5.41, 5.74) is 0.298. The Morgan fingerprint density at radius 3 is 2.59 bits per heavy atom. The van der Waals surface area contributed by atoms with Crippen LogP contribution < -0.4 is 4.74 Å². The fourth-order valence-electron chi connectivity index (χ4n) is 1.13. The molecule has 17 heavy (non-hydrogen) atoms. The third kappa shape index (κ3) is 5.17. The van der Waals surface area contributed by atoms with Gasteiger partial charge in [-0.1, -0.05) is 24.8 Å². The molecule has 0 heterocycles. The molecular formula is C13H16O4. The normalized spacial score (nSPS) is 9.71. The van der Waals surface area contributed by atoms with Gasteiger partial charge in [0, 0.05) is 0 Å². The molecule has 0 atom stereocenters. The minimum Gasteiger partial charge on any atom is -0.491 e. The van der Waals surface area contributed by atoms with E-state index in [0.717, 1.165) is 5.75 Å². The fourth-order valence-corrected chi connectivity index (χ4v) is 1.13. The van der Waals surface area contributed by atoms with Gasteiger partial charge in [0.15, 0.2) is 0 Å². The van der Waals surface area contributed by atoms with E-state index in [-0.39, 0.29) is 6.61 Å². The molecule has 0 saturated heterocycles. The smallest absolute Gasteiger partial charge is 0.335 e. The largest absolute Gasteiger partial charge is 0.491 e. The summed E-state index contributed by atoms with van der Waals surface area (Å²) < 4.78 is 15.1. The van der Waals surface area contributed by atoms with E-state index in [1.807, 2.05) is 30.3 Å². The summed E-state index contributed by atoms with van der Waals surface area (Å²) in [6.07, 6.45) is 0. The lowest BCUT2D eigenvalue weighted by molar-refractivity contribution is -0.136. The summed E-state index contributed by atoms with van der Waals surface area (Å²) in [6.45, 7) is 4.52. The summed E-state index contributed by atoms with van der Waals surface area (Å²) in [4.78, 5) is 11.0. The van der Waals surface area contributed by atoms with Crippen LogP contribution in [-0.4, -0.2) is 32.9 Å². The molecule has 0 saturated carbocycles. The molecule has 1 aromatic rings. The molecule has 1 aromatic carbocycles. The summed E-state index contributed by atoms with van der Waals surface area (Å²) in [6, 6.07) is 9.45. The highest BCUT2D eigenvalue weighted by Crippen LogP contribution is 2.07.